The first-order valence-electron chi connectivity index (χ1n) is 6.65. The van der Waals surface area contributed by atoms with Gasteiger partial charge in [0.05, 0.1) is 16.8 Å². The van der Waals surface area contributed by atoms with E-state index in [0.717, 1.165) is 5.47 Å². The van der Waals surface area contributed by atoms with Crippen molar-refractivity contribution in [3.05, 3.63) is 38.1 Å². The van der Waals surface area contributed by atoms with Crippen LogP contribution in [0, 0.1) is 0 Å². The van der Waals surface area contributed by atoms with Crippen LogP contribution >= 0.6 is 12.6 Å². The van der Waals surface area contributed by atoms with Crippen molar-refractivity contribution >= 4 is 25.8 Å². The Bertz CT molecular complexity index is 661. The van der Waals surface area contributed by atoms with E-state index >= 15 is 0 Å². The highest BCUT2D eigenvalue weighted by molar-refractivity contribution is 7.80. The van der Waals surface area contributed by atoms with Gasteiger partial charge in [0.1, 0.15) is 0 Å². The maximum atomic E-state index is 11.7. The number of hydrogen-bond acceptors (Lipinski definition) is 5. The average molecular weight is 310 g/mol. The van der Waals surface area contributed by atoms with Gasteiger partial charge in [-0.1, -0.05) is 6.08 Å². The topological polar surface area (TPSA) is 84.2 Å². The average Bonchev–Trinajstić information content (AvgIpc) is 2.57. The third-order valence-corrected chi connectivity index (χ3v) is 4.29. The van der Waals surface area contributed by atoms with Crippen LogP contribution < -0.4 is 11.2 Å². The Morgan fingerprint density at radius 3 is 2.33 bits per heavy atom. The second-order valence-corrected chi connectivity index (χ2v) is 6.31. The van der Waals surface area contributed by atoms with Crippen molar-refractivity contribution in [2.75, 3.05) is 5.75 Å². The normalized spacial score (nSPS) is 20.8. The van der Waals surface area contributed by atoms with Gasteiger partial charge >= 0.3 is 12.8 Å². The molecule has 0 spiro atoms. The van der Waals surface area contributed by atoms with Gasteiger partial charge in [-0.3, -0.25) is 9.78 Å². The molecule has 0 aliphatic carbocycles. The van der Waals surface area contributed by atoms with E-state index in [1.165, 1.54) is 6.20 Å². The van der Waals surface area contributed by atoms with Crippen LogP contribution in [0.2, 0.25) is 0 Å². The molecule has 1 saturated heterocycles. The molecule has 0 radical (unpaired) electrons. The number of rotatable bonds is 3. The summed E-state index contributed by atoms with van der Waals surface area (Å²) < 4.78 is 11.9. The highest BCUT2D eigenvalue weighted by Gasteiger charge is 2.52. The Kier molecular flexibility index (Phi) is 4.23. The maximum Gasteiger partial charge on any atom is 0.491 e. The van der Waals surface area contributed by atoms with Crippen molar-refractivity contribution in [2.24, 2.45) is 0 Å². The largest absolute Gasteiger partial charge is 0.491 e. The summed E-state index contributed by atoms with van der Waals surface area (Å²) in [6.45, 7) is 7.82. The molecule has 21 heavy (non-hydrogen) atoms. The monoisotopic (exact) mass is 310 g/mol. The molecule has 8 heteroatoms. The van der Waals surface area contributed by atoms with Gasteiger partial charge in [-0.05, 0) is 33.2 Å². The van der Waals surface area contributed by atoms with Gasteiger partial charge < -0.3 is 14.3 Å². The third kappa shape index (κ3) is 3.17. The number of aromatic amines is 2. The molecule has 1 aliphatic rings. The van der Waals surface area contributed by atoms with Crippen LogP contribution in [0.1, 0.15) is 33.3 Å². The van der Waals surface area contributed by atoms with Gasteiger partial charge in [0.2, 0.25) is 0 Å². The molecule has 0 aromatic carbocycles. The summed E-state index contributed by atoms with van der Waals surface area (Å²) in [6.07, 6.45) is 2.99. The highest BCUT2D eigenvalue weighted by atomic mass is 32.1. The molecule has 2 rings (SSSR count). The maximum absolute atomic E-state index is 11.7. The quantitative estimate of drug-likeness (QED) is 0.574. The summed E-state index contributed by atoms with van der Waals surface area (Å²) in [6, 6.07) is 0. The number of thiol groups is 1. The van der Waals surface area contributed by atoms with E-state index in [9.17, 15) is 9.59 Å². The highest BCUT2D eigenvalue weighted by Crippen LogP contribution is 2.38. The number of H-pyrrole nitrogens is 2. The van der Waals surface area contributed by atoms with Gasteiger partial charge in [0.25, 0.3) is 5.56 Å². The predicted molar refractivity (Wildman–Crippen MR) is 85.6 cm³/mol. The lowest BCUT2D eigenvalue weighted by molar-refractivity contribution is 0.00578. The Balaban J connectivity index is 2.35. The molecule has 1 aromatic rings. The molecule has 1 aliphatic heterocycles. The fourth-order valence-electron chi connectivity index (χ4n) is 1.91. The SMILES string of the molecule is CC1(C)OB(C(=Cc2c[nH]c(=O)[nH]c2=O)CS)OC1(C)C. The zero-order chi connectivity index (χ0) is 15.8. The van der Waals surface area contributed by atoms with Crippen LogP contribution in [-0.4, -0.2) is 34.0 Å². The summed E-state index contributed by atoms with van der Waals surface area (Å²) in [4.78, 5) is 27.4. The Morgan fingerprint density at radius 2 is 1.86 bits per heavy atom. The van der Waals surface area contributed by atoms with Crippen molar-refractivity contribution in [2.45, 2.75) is 38.9 Å². The van der Waals surface area contributed by atoms with Gasteiger partial charge in [0.15, 0.2) is 0 Å². The summed E-state index contributed by atoms with van der Waals surface area (Å²) in [5.41, 5.74) is -0.883. The molecule has 114 valence electrons. The summed E-state index contributed by atoms with van der Waals surface area (Å²) in [5, 5.41) is 0. The van der Waals surface area contributed by atoms with E-state index in [1.54, 1.807) is 6.08 Å². The molecule has 2 heterocycles. The number of hydrogen-bond donors (Lipinski definition) is 3. The van der Waals surface area contributed by atoms with E-state index in [2.05, 4.69) is 22.6 Å². The zero-order valence-corrected chi connectivity index (χ0v) is 13.4. The molecular formula is C13H19BN2O4S. The van der Waals surface area contributed by atoms with E-state index < -0.39 is 29.6 Å². The van der Waals surface area contributed by atoms with Gasteiger partial charge in [-0.25, -0.2) is 4.79 Å². The molecule has 0 bridgehead atoms. The second kappa shape index (κ2) is 5.51. The van der Waals surface area contributed by atoms with E-state index in [-0.39, 0.29) is 0 Å². The van der Waals surface area contributed by atoms with Crippen molar-refractivity contribution in [1.29, 1.82) is 0 Å². The minimum Gasteiger partial charge on any atom is -0.400 e. The van der Waals surface area contributed by atoms with Crippen LogP contribution in [0.15, 0.2) is 21.3 Å². The van der Waals surface area contributed by atoms with Gasteiger partial charge in [0, 0.05) is 11.9 Å². The molecule has 1 aromatic heterocycles. The molecule has 0 unspecified atom stereocenters. The van der Waals surface area contributed by atoms with Crippen LogP contribution in [0.25, 0.3) is 6.08 Å². The Hall–Kier alpha value is -1.25. The summed E-state index contributed by atoms with van der Waals surface area (Å²) in [5.74, 6) is 0.370. The van der Waals surface area contributed by atoms with E-state index in [0.29, 0.717) is 11.3 Å². The Morgan fingerprint density at radius 1 is 1.29 bits per heavy atom. The van der Waals surface area contributed by atoms with Gasteiger partial charge in [-0.15, -0.1) is 0 Å². The Labute approximate surface area is 128 Å². The van der Waals surface area contributed by atoms with Crippen molar-refractivity contribution in [3.8, 4) is 0 Å². The zero-order valence-electron chi connectivity index (χ0n) is 12.5. The van der Waals surface area contributed by atoms with Crippen molar-refractivity contribution in [3.63, 3.8) is 0 Å². The first-order valence-corrected chi connectivity index (χ1v) is 7.28. The molecule has 6 nitrogen and oxygen atoms in total. The number of nitrogens with one attached hydrogen (secondary N) is 2. The van der Waals surface area contributed by atoms with E-state index in [4.69, 9.17) is 9.31 Å². The minimum atomic E-state index is -0.571. The summed E-state index contributed by atoms with van der Waals surface area (Å²) in [7, 11) is -0.571. The minimum absolute atomic E-state index is 0.327. The number of aromatic nitrogens is 2. The lowest BCUT2D eigenvalue weighted by Gasteiger charge is -2.32. The lowest BCUT2D eigenvalue weighted by atomic mass is 9.78. The molecule has 1 fully saturated rings. The second-order valence-electron chi connectivity index (χ2n) is 5.99. The third-order valence-electron chi connectivity index (χ3n) is 3.93. The van der Waals surface area contributed by atoms with Crippen LogP contribution in [0.4, 0.5) is 0 Å². The fourth-order valence-corrected chi connectivity index (χ4v) is 2.15. The molecule has 0 atom stereocenters. The van der Waals surface area contributed by atoms with Crippen LogP contribution in [-0.2, 0) is 9.31 Å². The molecule has 0 saturated carbocycles. The van der Waals surface area contributed by atoms with Crippen molar-refractivity contribution < 1.29 is 9.31 Å². The molecular weight excluding hydrogens is 291 g/mol. The predicted octanol–water partition coefficient (Wildman–Crippen LogP) is 1.01. The molecule has 0 amide bonds. The van der Waals surface area contributed by atoms with Crippen LogP contribution in [0.5, 0.6) is 0 Å². The van der Waals surface area contributed by atoms with Gasteiger partial charge in [-0.2, -0.15) is 12.6 Å². The van der Waals surface area contributed by atoms with Crippen LogP contribution in [0.3, 0.4) is 0 Å². The standard InChI is InChI=1S/C13H19BN2O4S/c1-12(2)13(3,4)20-14(19-12)9(7-21)5-8-6-15-11(18)16-10(8)17/h5-6,21H,7H2,1-4H3,(H2,15,16,17,18). The van der Waals surface area contributed by atoms with Crippen molar-refractivity contribution in [1.82, 2.24) is 9.97 Å². The van der Waals surface area contributed by atoms with E-state index in [1.807, 2.05) is 27.7 Å². The smallest absolute Gasteiger partial charge is 0.400 e. The first kappa shape index (κ1) is 16.1. The first-order chi connectivity index (χ1) is 9.66. The summed E-state index contributed by atoms with van der Waals surface area (Å²) >= 11 is 4.28. The lowest BCUT2D eigenvalue weighted by Crippen LogP contribution is -2.41. The molecule has 2 N–H and O–H groups in total. The fraction of sp³-hybridized carbons (Fsp3) is 0.538.